The predicted octanol–water partition coefficient (Wildman–Crippen LogP) is 2.14. The Kier molecular flexibility index (Phi) is 5.30. The zero-order valence-electron chi connectivity index (χ0n) is 12.0. The van der Waals surface area contributed by atoms with Gasteiger partial charge in [0.25, 0.3) is 0 Å². The Bertz CT molecular complexity index is 444. The molecule has 0 aliphatic rings. The van der Waals surface area contributed by atoms with Gasteiger partial charge in [-0.25, -0.2) is 9.78 Å². The van der Waals surface area contributed by atoms with Crippen molar-refractivity contribution < 1.29 is 14.6 Å². The van der Waals surface area contributed by atoms with Gasteiger partial charge in [-0.05, 0) is 32.4 Å². The number of hydrogen-bond donors (Lipinski definition) is 2. The van der Waals surface area contributed by atoms with Gasteiger partial charge < -0.3 is 15.2 Å². The van der Waals surface area contributed by atoms with Gasteiger partial charge in [-0.15, -0.1) is 0 Å². The van der Waals surface area contributed by atoms with Crippen molar-refractivity contribution in [1.29, 1.82) is 0 Å². The largest absolute Gasteiger partial charge is 0.465 e. The summed E-state index contributed by atoms with van der Waals surface area (Å²) in [5.74, 6) is 0.246. The van der Waals surface area contributed by atoms with Crippen LogP contribution in [0.15, 0.2) is 12.1 Å². The molecular weight excluding hydrogens is 244 g/mol. The van der Waals surface area contributed by atoms with E-state index in [0.717, 1.165) is 12.8 Å². The van der Waals surface area contributed by atoms with Gasteiger partial charge in [0.05, 0.1) is 24.0 Å². The molecule has 1 aromatic heterocycles. The van der Waals surface area contributed by atoms with Gasteiger partial charge in [-0.1, -0.05) is 13.3 Å². The van der Waals surface area contributed by atoms with Crippen molar-refractivity contribution in [1.82, 2.24) is 4.98 Å². The fourth-order valence-electron chi connectivity index (χ4n) is 1.89. The van der Waals surface area contributed by atoms with Crippen LogP contribution < -0.4 is 5.32 Å². The quantitative estimate of drug-likeness (QED) is 0.772. The Labute approximate surface area is 114 Å². The molecule has 0 spiro atoms. The number of nitrogens with zero attached hydrogens (tertiary/aromatic N) is 1. The average molecular weight is 266 g/mol. The lowest BCUT2D eigenvalue weighted by atomic mass is 10.0. The van der Waals surface area contributed by atoms with Gasteiger partial charge in [0.1, 0.15) is 5.82 Å². The number of nitrogens with one attached hydrogen (secondary N) is 1. The normalized spacial score (nSPS) is 13.7. The highest BCUT2D eigenvalue weighted by Gasteiger charge is 2.19. The number of rotatable bonds is 6. The minimum absolute atomic E-state index is 0.394. The summed E-state index contributed by atoms with van der Waals surface area (Å²) in [5.41, 5.74) is 0.297. The number of ether oxygens (including phenoxy) is 1. The van der Waals surface area contributed by atoms with Gasteiger partial charge in [0.15, 0.2) is 0 Å². The van der Waals surface area contributed by atoms with E-state index in [1.54, 1.807) is 26.0 Å². The molecule has 0 radical (unpaired) electrons. The maximum atomic E-state index is 11.4. The number of esters is 1. The van der Waals surface area contributed by atoms with E-state index < -0.39 is 11.6 Å². The summed E-state index contributed by atoms with van der Waals surface area (Å²) in [4.78, 5) is 15.7. The molecule has 5 nitrogen and oxygen atoms in total. The highest BCUT2D eigenvalue weighted by Crippen LogP contribution is 2.15. The molecule has 1 unspecified atom stereocenters. The third kappa shape index (κ3) is 4.52. The molecule has 19 heavy (non-hydrogen) atoms. The second-order valence-electron chi connectivity index (χ2n) is 4.92. The summed E-state index contributed by atoms with van der Waals surface area (Å²) in [6, 6.07) is 3.38. The van der Waals surface area contributed by atoms with Gasteiger partial charge >= 0.3 is 5.97 Å². The van der Waals surface area contributed by atoms with Crippen LogP contribution >= 0.6 is 0 Å². The van der Waals surface area contributed by atoms with Gasteiger partial charge in [-0.2, -0.15) is 0 Å². The van der Waals surface area contributed by atoms with Crippen molar-refractivity contribution in [3.8, 4) is 0 Å². The number of methoxy groups -OCH3 is 1. The summed E-state index contributed by atoms with van der Waals surface area (Å²) in [7, 11) is 1.34. The predicted molar refractivity (Wildman–Crippen MR) is 74.3 cm³/mol. The Balaban J connectivity index is 2.71. The molecule has 5 heteroatoms. The Morgan fingerprint density at radius 1 is 1.53 bits per heavy atom. The first-order valence-electron chi connectivity index (χ1n) is 6.42. The van der Waals surface area contributed by atoms with Crippen LogP contribution in [-0.4, -0.2) is 35.3 Å². The van der Waals surface area contributed by atoms with E-state index in [-0.39, 0.29) is 0 Å². The molecule has 0 aliphatic carbocycles. The lowest BCUT2D eigenvalue weighted by Gasteiger charge is -2.23. The van der Waals surface area contributed by atoms with Crippen LogP contribution in [0.25, 0.3) is 0 Å². The Morgan fingerprint density at radius 3 is 2.74 bits per heavy atom. The van der Waals surface area contributed by atoms with Crippen molar-refractivity contribution in [2.75, 3.05) is 19.0 Å². The summed E-state index contributed by atoms with van der Waals surface area (Å²) < 4.78 is 4.66. The van der Waals surface area contributed by atoms with Crippen molar-refractivity contribution in [3.05, 3.63) is 23.4 Å². The van der Waals surface area contributed by atoms with Crippen LogP contribution in [0.3, 0.4) is 0 Å². The van der Waals surface area contributed by atoms with E-state index in [2.05, 4.69) is 15.0 Å². The number of pyridine rings is 1. The zero-order chi connectivity index (χ0) is 14.5. The molecule has 0 amide bonds. The van der Waals surface area contributed by atoms with E-state index in [1.807, 2.05) is 6.92 Å². The zero-order valence-corrected chi connectivity index (χ0v) is 12.0. The SMILES string of the molecule is CCCC(C)(O)CNc1ccc(C(=O)OC)c(C)n1. The third-order valence-electron chi connectivity index (χ3n) is 2.93. The van der Waals surface area contributed by atoms with Gasteiger partial charge in [0, 0.05) is 6.54 Å². The van der Waals surface area contributed by atoms with Crippen molar-refractivity contribution >= 4 is 11.8 Å². The first-order chi connectivity index (χ1) is 8.89. The molecule has 106 valence electrons. The van der Waals surface area contributed by atoms with Crippen molar-refractivity contribution in [3.63, 3.8) is 0 Å². The fraction of sp³-hybridized carbons (Fsp3) is 0.571. The summed E-state index contributed by atoms with van der Waals surface area (Å²) in [6.45, 7) is 5.99. The maximum Gasteiger partial charge on any atom is 0.339 e. The Hall–Kier alpha value is -1.62. The minimum Gasteiger partial charge on any atom is -0.465 e. The highest BCUT2D eigenvalue weighted by atomic mass is 16.5. The minimum atomic E-state index is -0.759. The standard InChI is InChI=1S/C14H22N2O3/c1-5-8-14(3,18)9-15-12-7-6-11(10(2)16-12)13(17)19-4/h6-7,18H,5,8-9H2,1-4H3,(H,15,16). The number of aliphatic hydroxyl groups is 1. The van der Waals surface area contributed by atoms with Crippen molar-refractivity contribution in [2.24, 2.45) is 0 Å². The number of carbonyl (C=O) groups excluding carboxylic acids is 1. The first kappa shape index (κ1) is 15.4. The van der Waals surface area contributed by atoms with Crippen molar-refractivity contribution in [2.45, 2.75) is 39.2 Å². The number of aryl methyl sites for hydroxylation is 1. The summed E-state index contributed by atoms with van der Waals surface area (Å²) in [6.07, 6.45) is 1.64. The molecule has 1 rings (SSSR count). The average Bonchev–Trinajstić information content (AvgIpc) is 2.36. The van der Waals surface area contributed by atoms with Crippen LogP contribution in [0.1, 0.15) is 42.7 Å². The van der Waals surface area contributed by atoms with E-state index in [0.29, 0.717) is 23.6 Å². The molecule has 0 aliphatic heterocycles. The molecule has 0 aromatic carbocycles. The molecule has 0 fully saturated rings. The van der Waals surface area contributed by atoms with Crippen LogP contribution in [0, 0.1) is 6.92 Å². The molecule has 0 saturated carbocycles. The Morgan fingerprint density at radius 2 is 2.21 bits per heavy atom. The summed E-state index contributed by atoms with van der Waals surface area (Å²) >= 11 is 0. The molecule has 1 aromatic rings. The van der Waals surface area contributed by atoms with E-state index in [9.17, 15) is 9.90 Å². The van der Waals surface area contributed by atoms with Gasteiger partial charge in [0.2, 0.25) is 0 Å². The second kappa shape index (κ2) is 6.52. The molecule has 0 saturated heterocycles. The first-order valence-corrected chi connectivity index (χ1v) is 6.42. The molecule has 2 N–H and O–H groups in total. The topological polar surface area (TPSA) is 71.5 Å². The van der Waals surface area contributed by atoms with E-state index in [1.165, 1.54) is 7.11 Å². The van der Waals surface area contributed by atoms with Gasteiger partial charge in [-0.3, -0.25) is 0 Å². The summed E-state index contributed by atoms with van der Waals surface area (Å²) in [5, 5.41) is 13.1. The second-order valence-corrected chi connectivity index (χ2v) is 4.92. The number of hydrogen-bond acceptors (Lipinski definition) is 5. The smallest absolute Gasteiger partial charge is 0.339 e. The monoisotopic (exact) mass is 266 g/mol. The molecule has 1 heterocycles. The number of aromatic nitrogens is 1. The van der Waals surface area contributed by atoms with E-state index in [4.69, 9.17) is 0 Å². The fourth-order valence-corrected chi connectivity index (χ4v) is 1.89. The lowest BCUT2D eigenvalue weighted by Crippen LogP contribution is -2.33. The molecule has 1 atom stereocenters. The molecule has 0 bridgehead atoms. The number of carbonyl (C=O) groups is 1. The van der Waals surface area contributed by atoms with Crippen LogP contribution in [0.2, 0.25) is 0 Å². The third-order valence-corrected chi connectivity index (χ3v) is 2.93. The molecular formula is C14H22N2O3. The van der Waals surface area contributed by atoms with Crippen LogP contribution in [-0.2, 0) is 4.74 Å². The van der Waals surface area contributed by atoms with Crippen LogP contribution in [0.4, 0.5) is 5.82 Å². The maximum absolute atomic E-state index is 11.4. The highest BCUT2D eigenvalue weighted by molar-refractivity contribution is 5.90. The van der Waals surface area contributed by atoms with E-state index >= 15 is 0 Å². The van der Waals surface area contributed by atoms with Crippen LogP contribution in [0.5, 0.6) is 0 Å². The number of anilines is 1. The lowest BCUT2D eigenvalue weighted by molar-refractivity contribution is 0.0597.